The lowest BCUT2D eigenvalue weighted by molar-refractivity contribution is -0.139. The van der Waals surface area contributed by atoms with E-state index in [1.807, 2.05) is 6.92 Å². The number of fused-ring (bicyclic) bond motifs is 2. The maximum atomic E-state index is 12.0. The highest BCUT2D eigenvalue weighted by molar-refractivity contribution is 5.95. The van der Waals surface area contributed by atoms with Crippen LogP contribution in [0.25, 0.3) is 0 Å². The molecule has 2 bridgehead atoms. The summed E-state index contributed by atoms with van der Waals surface area (Å²) in [5.74, 6) is -0.581. The van der Waals surface area contributed by atoms with Crippen LogP contribution in [0.5, 0.6) is 0 Å². The van der Waals surface area contributed by atoms with Gasteiger partial charge in [-0.25, -0.2) is 4.79 Å². The summed E-state index contributed by atoms with van der Waals surface area (Å²) >= 11 is 0. The molecular formula is C11H15NO4. The number of allylic oxidation sites excluding steroid dienone is 1. The summed E-state index contributed by atoms with van der Waals surface area (Å²) in [7, 11) is 1.45. The third-order valence-corrected chi connectivity index (χ3v) is 3.44. The number of rotatable bonds is 3. The Bertz CT molecular complexity index is 374. The van der Waals surface area contributed by atoms with Crippen molar-refractivity contribution < 1.29 is 19.4 Å². The fourth-order valence-corrected chi connectivity index (χ4v) is 2.67. The van der Waals surface area contributed by atoms with Gasteiger partial charge in [-0.3, -0.25) is 4.79 Å². The largest absolute Gasteiger partial charge is 0.499 e. The zero-order chi connectivity index (χ0) is 11.9. The van der Waals surface area contributed by atoms with Gasteiger partial charge in [0, 0.05) is 18.9 Å². The molecule has 2 atom stereocenters. The second kappa shape index (κ2) is 3.81. The molecular weight excluding hydrogens is 210 g/mol. The SMILES string of the molecule is CCC1C(=O)N2CC1CC(OC)=C2C(=O)O. The number of hydrogen-bond acceptors (Lipinski definition) is 3. The molecule has 2 unspecified atom stereocenters. The van der Waals surface area contributed by atoms with E-state index in [0.717, 1.165) is 6.42 Å². The van der Waals surface area contributed by atoms with Crippen LogP contribution in [-0.2, 0) is 14.3 Å². The fourth-order valence-electron chi connectivity index (χ4n) is 2.67. The average molecular weight is 225 g/mol. The van der Waals surface area contributed by atoms with E-state index < -0.39 is 5.97 Å². The highest BCUT2D eigenvalue weighted by Gasteiger charge is 2.47. The summed E-state index contributed by atoms with van der Waals surface area (Å²) in [6, 6.07) is 0. The van der Waals surface area contributed by atoms with Gasteiger partial charge in [0.1, 0.15) is 5.76 Å². The predicted molar refractivity (Wildman–Crippen MR) is 55.3 cm³/mol. The van der Waals surface area contributed by atoms with Crippen molar-refractivity contribution >= 4 is 11.9 Å². The number of carbonyl (C=O) groups excluding carboxylic acids is 1. The van der Waals surface area contributed by atoms with E-state index in [9.17, 15) is 9.59 Å². The van der Waals surface area contributed by atoms with Crippen molar-refractivity contribution in [1.82, 2.24) is 4.90 Å². The van der Waals surface area contributed by atoms with Crippen molar-refractivity contribution in [3.8, 4) is 0 Å². The number of ether oxygens (including phenoxy) is 1. The summed E-state index contributed by atoms with van der Waals surface area (Å²) in [5.41, 5.74) is 0.0275. The molecule has 0 aliphatic carbocycles. The van der Waals surface area contributed by atoms with E-state index in [-0.39, 0.29) is 23.4 Å². The van der Waals surface area contributed by atoms with Gasteiger partial charge < -0.3 is 14.7 Å². The molecule has 0 aromatic rings. The molecule has 5 heteroatoms. The van der Waals surface area contributed by atoms with E-state index in [2.05, 4.69) is 0 Å². The number of carbonyl (C=O) groups is 2. The highest BCUT2D eigenvalue weighted by Crippen LogP contribution is 2.40. The second-order valence-electron chi connectivity index (χ2n) is 4.21. The molecule has 1 saturated heterocycles. The van der Waals surface area contributed by atoms with Crippen LogP contribution in [0, 0.1) is 11.8 Å². The van der Waals surface area contributed by atoms with E-state index >= 15 is 0 Å². The Balaban J connectivity index is 2.40. The molecule has 0 radical (unpaired) electrons. The molecule has 2 heterocycles. The van der Waals surface area contributed by atoms with Crippen LogP contribution in [0.1, 0.15) is 19.8 Å². The minimum atomic E-state index is -1.08. The lowest BCUT2D eigenvalue weighted by Crippen LogP contribution is -2.33. The maximum absolute atomic E-state index is 12.0. The van der Waals surface area contributed by atoms with Crippen LogP contribution < -0.4 is 0 Å². The Kier molecular flexibility index (Phi) is 2.61. The first-order valence-electron chi connectivity index (χ1n) is 5.42. The molecule has 88 valence electrons. The molecule has 1 N–H and O–H groups in total. The van der Waals surface area contributed by atoms with Gasteiger partial charge in [0.05, 0.1) is 7.11 Å². The normalized spacial score (nSPS) is 28.6. The van der Waals surface area contributed by atoms with Crippen LogP contribution in [0.15, 0.2) is 11.5 Å². The van der Waals surface area contributed by atoms with Gasteiger partial charge in [-0.05, 0) is 12.3 Å². The number of carboxylic acids is 1. The van der Waals surface area contributed by atoms with E-state index in [0.29, 0.717) is 18.7 Å². The fraction of sp³-hybridized carbons (Fsp3) is 0.636. The summed E-state index contributed by atoms with van der Waals surface area (Å²) in [5, 5.41) is 9.10. The molecule has 0 spiro atoms. The van der Waals surface area contributed by atoms with Gasteiger partial charge in [-0.15, -0.1) is 0 Å². The van der Waals surface area contributed by atoms with Crippen LogP contribution in [0.4, 0.5) is 0 Å². The zero-order valence-corrected chi connectivity index (χ0v) is 9.40. The van der Waals surface area contributed by atoms with Crippen LogP contribution in [0.2, 0.25) is 0 Å². The molecule has 0 aromatic heterocycles. The van der Waals surface area contributed by atoms with Crippen molar-refractivity contribution in [3.63, 3.8) is 0 Å². The molecule has 16 heavy (non-hydrogen) atoms. The predicted octanol–water partition coefficient (Wildman–Crippen LogP) is 0.817. The van der Waals surface area contributed by atoms with Crippen LogP contribution in [0.3, 0.4) is 0 Å². The number of aliphatic carboxylic acids is 1. The lowest BCUT2D eigenvalue weighted by atomic mass is 9.89. The first-order valence-corrected chi connectivity index (χ1v) is 5.42. The average Bonchev–Trinajstić information content (AvgIpc) is 2.50. The Labute approximate surface area is 93.7 Å². The smallest absolute Gasteiger partial charge is 0.356 e. The number of methoxy groups -OCH3 is 1. The Hall–Kier alpha value is -1.52. The molecule has 2 aliphatic rings. The number of hydrogen-bond donors (Lipinski definition) is 1. The lowest BCUT2D eigenvalue weighted by Gasteiger charge is -2.25. The Morgan fingerprint density at radius 3 is 2.81 bits per heavy atom. The van der Waals surface area contributed by atoms with Crippen molar-refractivity contribution in [3.05, 3.63) is 11.5 Å². The molecule has 0 aromatic carbocycles. The molecule has 5 nitrogen and oxygen atoms in total. The maximum Gasteiger partial charge on any atom is 0.356 e. The van der Waals surface area contributed by atoms with Gasteiger partial charge in [0.15, 0.2) is 5.70 Å². The standard InChI is InChI=1S/C11H15NO4/c1-3-7-6-4-8(16-2)9(11(14)15)12(5-6)10(7)13/h6-7H,3-5H2,1-2H3,(H,14,15). The van der Waals surface area contributed by atoms with Gasteiger partial charge in [-0.1, -0.05) is 6.92 Å². The number of amides is 1. The minimum Gasteiger partial charge on any atom is -0.499 e. The molecule has 2 aliphatic heterocycles. The zero-order valence-electron chi connectivity index (χ0n) is 9.40. The van der Waals surface area contributed by atoms with E-state index in [1.165, 1.54) is 12.0 Å². The quantitative estimate of drug-likeness (QED) is 0.772. The molecule has 1 fully saturated rings. The van der Waals surface area contributed by atoms with Gasteiger partial charge in [-0.2, -0.15) is 0 Å². The van der Waals surface area contributed by atoms with E-state index in [1.54, 1.807) is 0 Å². The molecule has 2 rings (SSSR count). The first-order chi connectivity index (χ1) is 7.60. The number of nitrogens with zero attached hydrogens (tertiary/aromatic N) is 1. The monoisotopic (exact) mass is 225 g/mol. The van der Waals surface area contributed by atoms with Gasteiger partial charge in [0.25, 0.3) is 0 Å². The van der Waals surface area contributed by atoms with E-state index in [4.69, 9.17) is 9.84 Å². The van der Waals surface area contributed by atoms with Gasteiger partial charge >= 0.3 is 5.97 Å². The summed E-state index contributed by atoms with van der Waals surface area (Å²) in [6.45, 7) is 2.48. The second-order valence-corrected chi connectivity index (χ2v) is 4.21. The van der Waals surface area contributed by atoms with Crippen LogP contribution >= 0.6 is 0 Å². The van der Waals surface area contributed by atoms with Crippen molar-refractivity contribution in [1.29, 1.82) is 0 Å². The summed E-state index contributed by atoms with van der Waals surface area (Å²) in [4.78, 5) is 24.5. The summed E-state index contributed by atoms with van der Waals surface area (Å²) in [6.07, 6.45) is 1.31. The third-order valence-electron chi connectivity index (χ3n) is 3.44. The van der Waals surface area contributed by atoms with Crippen LogP contribution in [-0.4, -0.2) is 35.5 Å². The van der Waals surface area contributed by atoms with Crippen molar-refractivity contribution in [2.75, 3.05) is 13.7 Å². The third kappa shape index (κ3) is 1.38. The Morgan fingerprint density at radius 1 is 1.62 bits per heavy atom. The van der Waals surface area contributed by atoms with Crippen molar-refractivity contribution in [2.45, 2.75) is 19.8 Å². The minimum absolute atomic E-state index is 0.0275. The van der Waals surface area contributed by atoms with Gasteiger partial charge in [0.2, 0.25) is 5.91 Å². The van der Waals surface area contributed by atoms with Crippen molar-refractivity contribution in [2.24, 2.45) is 11.8 Å². The number of carboxylic acid groups (broad SMARTS) is 1. The molecule has 1 amide bonds. The first kappa shape index (κ1) is 11.0. The molecule has 0 saturated carbocycles. The topological polar surface area (TPSA) is 66.8 Å². The summed E-state index contributed by atoms with van der Waals surface area (Å²) < 4.78 is 5.09. The Morgan fingerprint density at radius 2 is 2.31 bits per heavy atom. The highest BCUT2D eigenvalue weighted by atomic mass is 16.5.